The number of anilines is 1. The van der Waals surface area contributed by atoms with Gasteiger partial charge in [-0.05, 0) is 98.6 Å². The molecule has 13 atom stereocenters. The molecule has 9 amide bonds. The quantitative estimate of drug-likeness (QED) is 0.0509. The average Bonchev–Trinajstić information content (AvgIpc) is 2.60. The Hall–Kier alpha value is -7.21. The van der Waals surface area contributed by atoms with Gasteiger partial charge in [0, 0.05) is 47.1 Å². The van der Waals surface area contributed by atoms with Gasteiger partial charge in [-0.1, -0.05) is 111 Å². The van der Waals surface area contributed by atoms with Gasteiger partial charge in [-0.25, -0.2) is 4.79 Å². The second kappa shape index (κ2) is 33.8. The normalized spacial score (nSPS) is 18.7. The molecule has 0 aromatic heterocycles. The van der Waals surface area contributed by atoms with Crippen molar-refractivity contribution in [1.82, 2.24) is 40.9 Å². The summed E-state index contributed by atoms with van der Waals surface area (Å²) < 4.78 is 17.7. The molecule has 2 aliphatic rings. The van der Waals surface area contributed by atoms with Crippen molar-refractivity contribution in [3.63, 3.8) is 0 Å². The van der Waals surface area contributed by atoms with E-state index in [1.807, 2.05) is 45.9 Å². The highest BCUT2D eigenvalue weighted by Crippen LogP contribution is 2.31. The van der Waals surface area contributed by atoms with Gasteiger partial charge < -0.3 is 66.3 Å². The number of nitrogens with two attached hydrogens (primary N) is 1. The average molecular weight is 1220 g/mol. The molecular formula is C64H98N10O13. The summed E-state index contributed by atoms with van der Waals surface area (Å²) in [5.74, 6) is -5.21. The highest BCUT2D eigenvalue weighted by molar-refractivity contribution is 5.99. The zero-order valence-corrected chi connectivity index (χ0v) is 53.6. The van der Waals surface area contributed by atoms with Crippen molar-refractivity contribution in [2.45, 2.75) is 181 Å². The van der Waals surface area contributed by atoms with Crippen molar-refractivity contribution in [2.75, 3.05) is 53.3 Å². The number of aliphatic hydroxyl groups is 1. The highest BCUT2D eigenvalue weighted by atomic mass is 16.6. The topological polar surface area (TPSA) is 301 Å². The van der Waals surface area contributed by atoms with Crippen molar-refractivity contribution < 1.29 is 62.5 Å². The fraction of sp³-hybridized carbons (Fsp3) is 0.609. The summed E-state index contributed by atoms with van der Waals surface area (Å²) in [5.41, 5.74) is 8.06. The lowest BCUT2D eigenvalue weighted by Gasteiger charge is -2.41. The Morgan fingerprint density at radius 1 is 0.759 bits per heavy atom. The smallest absolute Gasteiger partial charge is 0.410 e. The first-order valence-corrected chi connectivity index (χ1v) is 30.2. The van der Waals surface area contributed by atoms with Crippen LogP contribution in [0.15, 0.2) is 78.9 Å². The fourth-order valence-electron chi connectivity index (χ4n) is 11.3. The predicted molar refractivity (Wildman–Crippen MR) is 331 cm³/mol. The monoisotopic (exact) mass is 1210 g/mol. The molecule has 4 rings (SSSR count). The maximum Gasteiger partial charge on any atom is 0.410 e. The molecule has 23 heteroatoms. The van der Waals surface area contributed by atoms with Crippen molar-refractivity contribution in [3.05, 3.63) is 90.0 Å². The number of amides is 9. The highest BCUT2D eigenvalue weighted by Gasteiger charge is 2.44. The molecule has 8 N–H and O–H groups in total. The van der Waals surface area contributed by atoms with Crippen LogP contribution in [-0.2, 0) is 59.2 Å². The molecule has 0 radical (unpaired) electrons. The van der Waals surface area contributed by atoms with Gasteiger partial charge in [-0.2, -0.15) is 0 Å². The number of ether oxygens (including phenoxy) is 3. The molecule has 2 fully saturated rings. The molecule has 0 spiro atoms. The largest absolute Gasteiger partial charge is 0.445 e. The number of carbonyl (C=O) groups excluding carboxylic acids is 9. The third-order valence-corrected chi connectivity index (χ3v) is 16.8. The van der Waals surface area contributed by atoms with Gasteiger partial charge in [0.2, 0.25) is 47.3 Å². The van der Waals surface area contributed by atoms with Gasteiger partial charge in [0.05, 0.1) is 61.4 Å². The lowest BCUT2D eigenvalue weighted by Crippen LogP contribution is -2.60. The van der Waals surface area contributed by atoms with Crippen LogP contribution in [0.2, 0.25) is 0 Å². The molecule has 87 heavy (non-hydrogen) atoms. The Labute approximate surface area is 514 Å². The number of likely N-dealkylation sites (N-methyl/N-ethyl adjacent to an activating group) is 2. The van der Waals surface area contributed by atoms with E-state index in [9.17, 15) is 48.3 Å². The number of rotatable bonds is 31. The standard InChI is InChI=1S/C64H98N10O13/c1-17-39(8)55(49(85-15)33-50(75)73-31-21-25-47(73)57(86-16)41(10)58(78)67-43(12)56(77)45-23-19-18-20-24-45)71(13)63(83)52(37(4)5)69-62(82)54(38(6)7)72(14)64(84)87-35-44-27-29-46(30-28-44)68-60(80)48-26-22-32-74(48)51(76)34-66-61(81)53(40(9)36(2)3)70-59(79)42(11)65/h18-20,23-24,27-30,36-37,39,41-43,47-49,52-57,77H,6,9,17,21-22,25-26,31-35,65H2,1-5,7-8,10-16H3,(H,66,81)(H,67,78)(H,68,80)(H,69,82)(H,70,79)/t39-,41+,42-,43+,47-,48-,49+,52-,53-,54-,55-,56+,57+/m0/s1. The summed E-state index contributed by atoms with van der Waals surface area (Å²) in [5, 5.41) is 24.8. The number of nitrogens with one attached hydrogen (secondary N) is 5. The van der Waals surface area contributed by atoms with Crippen LogP contribution in [0.3, 0.4) is 0 Å². The van der Waals surface area contributed by atoms with E-state index < -0.39 is 127 Å². The van der Waals surface area contributed by atoms with Gasteiger partial charge in [0.15, 0.2) is 0 Å². The van der Waals surface area contributed by atoms with Crippen LogP contribution in [0.25, 0.3) is 0 Å². The van der Waals surface area contributed by atoms with Gasteiger partial charge in [0.1, 0.15) is 30.8 Å². The third-order valence-electron chi connectivity index (χ3n) is 16.8. The zero-order chi connectivity index (χ0) is 65.1. The molecule has 2 heterocycles. The van der Waals surface area contributed by atoms with E-state index >= 15 is 0 Å². The van der Waals surface area contributed by atoms with E-state index in [1.165, 1.54) is 38.0 Å². The first-order valence-electron chi connectivity index (χ1n) is 30.2. The van der Waals surface area contributed by atoms with Crippen molar-refractivity contribution in [3.8, 4) is 0 Å². The number of aliphatic hydroxyl groups excluding tert-OH is 1. The Balaban J connectivity index is 1.36. The zero-order valence-electron chi connectivity index (χ0n) is 53.6. The minimum Gasteiger partial charge on any atom is -0.445 e. The summed E-state index contributed by atoms with van der Waals surface area (Å²) in [6.07, 6.45) is -0.469. The van der Waals surface area contributed by atoms with Crippen molar-refractivity contribution in [1.29, 1.82) is 0 Å². The lowest BCUT2D eigenvalue weighted by molar-refractivity contribution is -0.148. The number of methoxy groups -OCH3 is 2. The first kappa shape index (κ1) is 72.3. The van der Waals surface area contributed by atoms with Crippen LogP contribution in [-0.4, -0.2) is 187 Å². The molecule has 2 saturated heterocycles. The molecule has 2 aromatic carbocycles. The van der Waals surface area contributed by atoms with E-state index in [0.717, 1.165) is 4.90 Å². The minimum atomic E-state index is -1.25. The second-order valence-corrected chi connectivity index (χ2v) is 24.0. The van der Waals surface area contributed by atoms with E-state index in [0.29, 0.717) is 73.2 Å². The maximum atomic E-state index is 14.7. The molecule has 0 saturated carbocycles. The van der Waals surface area contributed by atoms with Crippen LogP contribution < -0.4 is 32.3 Å². The van der Waals surface area contributed by atoms with Crippen LogP contribution >= 0.6 is 0 Å². The Morgan fingerprint density at radius 2 is 1.38 bits per heavy atom. The minimum absolute atomic E-state index is 0.0903. The summed E-state index contributed by atoms with van der Waals surface area (Å²) in [7, 11) is 6.03. The van der Waals surface area contributed by atoms with Crippen molar-refractivity contribution in [2.24, 2.45) is 29.4 Å². The lowest BCUT2D eigenvalue weighted by atomic mass is 9.89. The summed E-state index contributed by atoms with van der Waals surface area (Å²) in [6.45, 7) is 25.7. The van der Waals surface area contributed by atoms with E-state index in [2.05, 4.69) is 39.7 Å². The molecular weight excluding hydrogens is 1120 g/mol. The summed E-state index contributed by atoms with van der Waals surface area (Å²) in [6, 6.07) is 8.78. The SMILES string of the molecule is C=C(C(C)C)[C@H](NC(=O)[C@H](C)N)C(=O)NCC(=O)N1CCC[C@H]1C(=O)Nc1ccc(COC(=O)N(C)[C@@H](C(=C)C)C(=O)N[C@H](C(=O)N(C)[C@@H]([C@@H](C)CC)[C@@H](CC(=O)N2CCC[C@H]2[C@H](OC)[C@@H](C)C(=O)N[C@H](C)[C@@H](O)c2ccccc2)OC)C(C)C)cc1. The van der Waals surface area contributed by atoms with E-state index in [4.69, 9.17) is 19.9 Å². The third kappa shape index (κ3) is 19.4. The number of benzene rings is 2. The molecule has 0 aliphatic carbocycles. The van der Waals surface area contributed by atoms with Crippen molar-refractivity contribution >= 4 is 59.0 Å². The van der Waals surface area contributed by atoms with E-state index in [-0.39, 0.29) is 36.7 Å². The van der Waals surface area contributed by atoms with Crippen LogP contribution in [0.4, 0.5) is 10.5 Å². The number of carbonyl (C=O) groups is 9. The summed E-state index contributed by atoms with van der Waals surface area (Å²) in [4.78, 5) is 129. The molecule has 0 bridgehead atoms. The molecule has 482 valence electrons. The van der Waals surface area contributed by atoms with Crippen LogP contribution in [0, 0.1) is 23.7 Å². The van der Waals surface area contributed by atoms with Gasteiger partial charge in [0.25, 0.3) is 0 Å². The Morgan fingerprint density at radius 3 is 1.94 bits per heavy atom. The first-order chi connectivity index (χ1) is 41.0. The second-order valence-electron chi connectivity index (χ2n) is 24.0. The Kier molecular flexibility index (Phi) is 28.1. The summed E-state index contributed by atoms with van der Waals surface area (Å²) >= 11 is 0. The number of nitrogens with zero attached hydrogens (tertiary/aromatic N) is 4. The molecule has 2 aromatic rings. The van der Waals surface area contributed by atoms with Crippen LogP contribution in [0.1, 0.15) is 125 Å². The fourth-order valence-corrected chi connectivity index (χ4v) is 11.3. The Bertz CT molecular complexity index is 2710. The number of hydrogen-bond donors (Lipinski definition) is 7. The van der Waals surface area contributed by atoms with Gasteiger partial charge in [-0.3, -0.25) is 43.3 Å². The molecule has 23 nitrogen and oxygen atoms in total. The maximum absolute atomic E-state index is 14.7. The number of likely N-dealkylation sites (tertiary alicyclic amines) is 2. The van der Waals surface area contributed by atoms with E-state index in [1.54, 1.807) is 83.0 Å². The number of hydrogen-bond acceptors (Lipinski definition) is 14. The van der Waals surface area contributed by atoms with Gasteiger partial charge in [-0.15, -0.1) is 0 Å². The van der Waals surface area contributed by atoms with Crippen LogP contribution in [0.5, 0.6) is 0 Å². The molecule has 2 aliphatic heterocycles. The predicted octanol–water partition coefficient (Wildman–Crippen LogP) is 4.59. The molecule has 0 unspecified atom stereocenters. The van der Waals surface area contributed by atoms with Gasteiger partial charge >= 0.3 is 6.09 Å².